The van der Waals surface area contributed by atoms with Gasteiger partial charge in [0.1, 0.15) is 0 Å². The Kier molecular flexibility index (Phi) is 5.93. The highest BCUT2D eigenvalue weighted by Gasteiger charge is 2.13. The van der Waals surface area contributed by atoms with Crippen molar-refractivity contribution in [1.29, 1.82) is 0 Å². The van der Waals surface area contributed by atoms with Gasteiger partial charge in [-0.2, -0.15) is 0 Å². The van der Waals surface area contributed by atoms with Crippen LogP contribution in [0, 0.1) is 6.92 Å². The van der Waals surface area contributed by atoms with Gasteiger partial charge in [0, 0.05) is 17.2 Å². The summed E-state index contributed by atoms with van der Waals surface area (Å²) in [5, 5.41) is 2.79. The molecule has 0 aliphatic carbocycles. The van der Waals surface area contributed by atoms with Gasteiger partial charge in [0.05, 0.1) is 13.0 Å². The SMILES string of the molecule is Cc1ccc(NC(=O)CN(C)C(=O)Cc2ccc(Br)cc2)cc1. The van der Waals surface area contributed by atoms with E-state index in [4.69, 9.17) is 0 Å². The van der Waals surface area contributed by atoms with Crippen molar-refractivity contribution in [2.24, 2.45) is 0 Å². The van der Waals surface area contributed by atoms with Gasteiger partial charge in [-0.1, -0.05) is 45.8 Å². The van der Waals surface area contributed by atoms with Gasteiger partial charge >= 0.3 is 0 Å². The van der Waals surface area contributed by atoms with Crippen molar-refractivity contribution in [3.05, 3.63) is 64.1 Å². The van der Waals surface area contributed by atoms with Crippen LogP contribution in [-0.2, 0) is 16.0 Å². The number of carbonyl (C=O) groups excluding carboxylic acids is 2. The van der Waals surface area contributed by atoms with E-state index in [2.05, 4.69) is 21.2 Å². The minimum absolute atomic E-state index is 0.0310. The quantitative estimate of drug-likeness (QED) is 0.871. The Morgan fingerprint density at radius 3 is 2.26 bits per heavy atom. The average molecular weight is 375 g/mol. The van der Waals surface area contributed by atoms with E-state index in [9.17, 15) is 9.59 Å². The Morgan fingerprint density at radius 1 is 1.04 bits per heavy atom. The lowest BCUT2D eigenvalue weighted by Gasteiger charge is -2.17. The maximum atomic E-state index is 12.2. The van der Waals surface area contributed by atoms with E-state index < -0.39 is 0 Å². The molecule has 4 nitrogen and oxygen atoms in total. The van der Waals surface area contributed by atoms with Gasteiger partial charge in [0.15, 0.2) is 0 Å². The maximum absolute atomic E-state index is 12.2. The first kappa shape index (κ1) is 17.2. The Morgan fingerprint density at radius 2 is 1.65 bits per heavy atom. The first-order valence-electron chi connectivity index (χ1n) is 7.29. The van der Waals surface area contributed by atoms with E-state index in [1.165, 1.54) is 4.90 Å². The highest BCUT2D eigenvalue weighted by Crippen LogP contribution is 2.12. The first-order valence-corrected chi connectivity index (χ1v) is 8.08. The van der Waals surface area contributed by atoms with Crippen molar-refractivity contribution >= 4 is 33.4 Å². The molecule has 120 valence electrons. The fourth-order valence-electron chi connectivity index (χ4n) is 2.05. The zero-order chi connectivity index (χ0) is 16.8. The third-order valence-electron chi connectivity index (χ3n) is 3.41. The number of carbonyl (C=O) groups is 2. The van der Waals surface area contributed by atoms with Crippen LogP contribution in [0.2, 0.25) is 0 Å². The van der Waals surface area contributed by atoms with Crippen LogP contribution in [0.1, 0.15) is 11.1 Å². The summed E-state index contributed by atoms with van der Waals surface area (Å²) >= 11 is 3.36. The van der Waals surface area contributed by atoms with Gasteiger partial charge in [-0.25, -0.2) is 0 Å². The van der Waals surface area contributed by atoms with Crippen molar-refractivity contribution in [2.45, 2.75) is 13.3 Å². The van der Waals surface area contributed by atoms with E-state index in [0.717, 1.165) is 21.3 Å². The standard InChI is InChI=1S/C18H19BrN2O2/c1-13-3-9-16(10-4-13)20-17(22)12-21(2)18(23)11-14-5-7-15(19)8-6-14/h3-10H,11-12H2,1-2H3,(H,20,22). The normalized spacial score (nSPS) is 10.2. The monoisotopic (exact) mass is 374 g/mol. The summed E-state index contributed by atoms with van der Waals surface area (Å²) in [6.45, 7) is 2.02. The molecule has 2 rings (SSSR count). The van der Waals surface area contributed by atoms with Crippen LogP contribution in [-0.4, -0.2) is 30.3 Å². The van der Waals surface area contributed by atoms with Gasteiger partial charge in [-0.15, -0.1) is 0 Å². The molecule has 2 aromatic rings. The highest BCUT2D eigenvalue weighted by molar-refractivity contribution is 9.10. The topological polar surface area (TPSA) is 49.4 Å². The number of hydrogen-bond donors (Lipinski definition) is 1. The van der Waals surface area contributed by atoms with Crippen LogP contribution in [0.4, 0.5) is 5.69 Å². The van der Waals surface area contributed by atoms with Crippen LogP contribution in [0.5, 0.6) is 0 Å². The number of amides is 2. The van der Waals surface area contributed by atoms with Crippen LogP contribution in [0.25, 0.3) is 0 Å². The van der Waals surface area contributed by atoms with E-state index in [1.54, 1.807) is 7.05 Å². The first-order chi connectivity index (χ1) is 10.9. The lowest BCUT2D eigenvalue weighted by molar-refractivity contribution is -0.132. The van der Waals surface area contributed by atoms with Gasteiger partial charge in [-0.05, 0) is 36.8 Å². The van der Waals surface area contributed by atoms with E-state index >= 15 is 0 Å². The molecule has 0 radical (unpaired) electrons. The van der Waals surface area contributed by atoms with E-state index in [-0.39, 0.29) is 24.8 Å². The number of benzene rings is 2. The zero-order valence-electron chi connectivity index (χ0n) is 13.2. The molecule has 0 aliphatic heterocycles. The van der Waals surface area contributed by atoms with Gasteiger partial charge in [0.25, 0.3) is 0 Å². The second-order valence-corrected chi connectivity index (χ2v) is 6.38. The number of anilines is 1. The predicted molar refractivity (Wildman–Crippen MR) is 95.3 cm³/mol. The molecule has 0 atom stereocenters. The van der Waals surface area contributed by atoms with Crippen molar-refractivity contribution in [2.75, 3.05) is 18.9 Å². The molecule has 0 spiro atoms. The molecule has 2 amide bonds. The summed E-state index contributed by atoms with van der Waals surface area (Å²) < 4.78 is 0.972. The average Bonchev–Trinajstić information content (AvgIpc) is 2.51. The molecular weight excluding hydrogens is 356 g/mol. The largest absolute Gasteiger partial charge is 0.336 e. The smallest absolute Gasteiger partial charge is 0.243 e. The van der Waals surface area contributed by atoms with E-state index in [0.29, 0.717) is 0 Å². The van der Waals surface area contributed by atoms with Crippen molar-refractivity contribution < 1.29 is 9.59 Å². The van der Waals surface area contributed by atoms with Crippen molar-refractivity contribution in [1.82, 2.24) is 4.90 Å². The van der Waals surface area contributed by atoms with Crippen LogP contribution < -0.4 is 5.32 Å². The molecule has 2 aromatic carbocycles. The molecule has 1 N–H and O–H groups in total. The Labute approximate surface area is 144 Å². The summed E-state index contributed by atoms with van der Waals surface area (Å²) in [5.41, 5.74) is 2.78. The molecule has 0 saturated heterocycles. The second-order valence-electron chi connectivity index (χ2n) is 5.47. The lowest BCUT2D eigenvalue weighted by atomic mass is 10.1. The van der Waals surface area contributed by atoms with Crippen LogP contribution in [0.3, 0.4) is 0 Å². The molecule has 5 heteroatoms. The highest BCUT2D eigenvalue weighted by atomic mass is 79.9. The summed E-state index contributed by atoms with van der Waals surface area (Å²) in [5.74, 6) is -0.299. The fraction of sp³-hybridized carbons (Fsp3) is 0.222. The summed E-state index contributed by atoms with van der Waals surface area (Å²) in [7, 11) is 1.63. The molecule has 0 heterocycles. The van der Waals surface area contributed by atoms with Crippen LogP contribution >= 0.6 is 15.9 Å². The Hall–Kier alpha value is -2.14. The predicted octanol–water partition coefficient (Wildman–Crippen LogP) is 3.40. The van der Waals surface area contributed by atoms with Gasteiger partial charge in [0.2, 0.25) is 11.8 Å². The minimum atomic E-state index is -0.208. The zero-order valence-corrected chi connectivity index (χ0v) is 14.8. The minimum Gasteiger partial charge on any atom is -0.336 e. The Balaban J connectivity index is 1.86. The molecule has 0 fully saturated rings. The number of aryl methyl sites for hydroxylation is 1. The summed E-state index contributed by atoms with van der Waals surface area (Å²) in [4.78, 5) is 25.6. The molecular formula is C18H19BrN2O2. The van der Waals surface area contributed by atoms with Crippen molar-refractivity contribution in [3.8, 4) is 0 Å². The third kappa shape index (κ3) is 5.53. The number of likely N-dealkylation sites (N-methyl/N-ethyl adjacent to an activating group) is 1. The molecule has 23 heavy (non-hydrogen) atoms. The third-order valence-corrected chi connectivity index (χ3v) is 3.94. The van der Waals surface area contributed by atoms with Gasteiger partial charge < -0.3 is 10.2 Å². The second kappa shape index (κ2) is 7.92. The fourth-order valence-corrected chi connectivity index (χ4v) is 2.32. The number of nitrogens with one attached hydrogen (secondary N) is 1. The molecule has 0 bridgehead atoms. The maximum Gasteiger partial charge on any atom is 0.243 e. The molecule has 0 unspecified atom stereocenters. The number of rotatable bonds is 5. The van der Waals surface area contributed by atoms with Gasteiger partial charge in [-0.3, -0.25) is 9.59 Å². The molecule has 0 aliphatic rings. The van der Waals surface area contributed by atoms with Crippen molar-refractivity contribution in [3.63, 3.8) is 0 Å². The lowest BCUT2D eigenvalue weighted by Crippen LogP contribution is -2.35. The number of nitrogens with zero attached hydrogens (tertiary/aromatic N) is 1. The molecule has 0 saturated carbocycles. The summed E-state index contributed by atoms with van der Waals surface area (Å²) in [6, 6.07) is 15.1. The Bertz CT molecular complexity index is 681. The number of halogens is 1. The van der Waals surface area contributed by atoms with Crippen LogP contribution in [0.15, 0.2) is 53.0 Å². The van der Waals surface area contributed by atoms with E-state index in [1.807, 2.05) is 55.5 Å². The molecule has 0 aromatic heterocycles. The number of hydrogen-bond acceptors (Lipinski definition) is 2. The summed E-state index contributed by atoms with van der Waals surface area (Å²) in [6.07, 6.45) is 0.279.